The molecule has 3 heterocycles. The van der Waals surface area contributed by atoms with Gasteiger partial charge in [-0.25, -0.2) is 0 Å². The zero-order valence-electron chi connectivity index (χ0n) is 36.3. The summed E-state index contributed by atoms with van der Waals surface area (Å²) in [5.74, 6) is 1.71. The molecular weight excluding hydrogens is 803 g/mol. The highest BCUT2D eigenvalue weighted by Gasteiger charge is 2.38. The Labute approximate surface area is 368 Å². The van der Waals surface area contributed by atoms with Crippen LogP contribution in [0.5, 0.6) is 23.0 Å². The molecule has 0 spiro atoms. The smallest absolute Gasteiger partial charge is 0.260 e. The maximum absolute atomic E-state index is 14.0. The Kier molecular flexibility index (Phi) is 13.8. The van der Waals surface area contributed by atoms with Gasteiger partial charge in [0.2, 0.25) is 0 Å². The normalized spacial score (nSPS) is 14.8. The minimum absolute atomic E-state index is 0.00601. The molecule has 2 amide bonds. The zero-order valence-corrected chi connectivity index (χ0v) is 36.3. The highest BCUT2D eigenvalue weighted by Crippen LogP contribution is 2.41. The average molecular weight is 858 g/mol. The van der Waals surface area contributed by atoms with Crippen LogP contribution in [-0.2, 0) is 40.3 Å². The highest BCUT2D eigenvalue weighted by molar-refractivity contribution is 6.12. The van der Waals surface area contributed by atoms with Crippen molar-refractivity contribution in [3.05, 3.63) is 124 Å². The molecule has 0 saturated heterocycles. The molecule has 0 unspecified atom stereocenters. The summed E-state index contributed by atoms with van der Waals surface area (Å²) in [6.45, 7) is 4.66. The van der Waals surface area contributed by atoms with Gasteiger partial charge in [0, 0.05) is 63.0 Å². The third kappa shape index (κ3) is 9.63. The van der Waals surface area contributed by atoms with Gasteiger partial charge < -0.3 is 58.9 Å². The number of carbonyl (C=O) groups is 2. The molecule has 0 aliphatic carbocycles. The van der Waals surface area contributed by atoms with E-state index in [-0.39, 0.29) is 31.1 Å². The van der Waals surface area contributed by atoms with Crippen LogP contribution in [0.25, 0.3) is 0 Å². The molecule has 3 aliphatic rings. The molecule has 14 heteroatoms. The molecule has 14 nitrogen and oxygen atoms in total. The maximum atomic E-state index is 14.0. The van der Waals surface area contributed by atoms with E-state index in [0.717, 1.165) is 46.6 Å². The molecule has 3 N–H and O–H groups in total. The largest absolute Gasteiger partial charge is 0.493 e. The SMILES string of the molecule is CNc1cc(OCc2cc(COc3cc4c(cc3OC)C(=O)N3c5ccccc5C[C@H]3CN4)cc(NCCOCCOCCOC)c2)c(OC)cc1C(=O)N1CCc2ccccc21. The molecule has 330 valence electrons. The Bertz CT molecular complexity index is 2430. The van der Waals surface area contributed by atoms with E-state index in [9.17, 15) is 9.59 Å². The molecule has 63 heavy (non-hydrogen) atoms. The van der Waals surface area contributed by atoms with Gasteiger partial charge in [-0.05, 0) is 77.6 Å². The van der Waals surface area contributed by atoms with Crippen LogP contribution in [0.15, 0.2) is 91.0 Å². The lowest BCUT2D eigenvalue weighted by atomic mass is 10.1. The standard InChI is InChI=1S/C49H55N5O9/c1-50-40-27-46(44(58-3)25-38(40)48(55)53-15-13-34-9-5-7-11-42(34)53)62-30-32-21-33(23-36(22-32)51-14-16-60-19-20-61-18-17-57-2)31-63-47-28-41-39(26-45(47)59-4)49(56)54-37(29-52-41)24-35-10-6-8-12-43(35)54/h5-12,21-23,25-28,37,50-52H,13-20,24,29-31H2,1-4H3/t37-/m0/s1. The van der Waals surface area contributed by atoms with E-state index in [2.05, 4.69) is 28.1 Å². The first kappa shape index (κ1) is 43.2. The number of carbonyl (C=O) groups excluding carboxylic acids is 2. The number of nitrogens with one attached hydrogen (secondary N) is 3. The Balaban J connectivity index is 0.995. The number of hydrogen-bond donors (Lipinski definition) is 3. The molecule has 1 atom stereocenters. The molecule has 0 aromatic heterocycles. The van der Waals surface area contributed by atoms with E-state index in [1.807, 2.05) is 76.5 Å². The van der Waals surface area contributed by atoms with Crippen LogP contribution in [0.4, 0.5) is 28.4 Å². The lowest BCUT2D eigenvalue weighted by Crippen LogP contribution is -2.39. The van der Waals surface area contributed by atoms with Gasteiger partial charge in [-0.3, -0.25) is 9.59 Å². The van der Waals surface area contributed by atoms with E-state index in [0.29, 0.717) is 98.2 Å². The molecule has 5 aromatic rings. The second kappa shape index (κ2) is 20.1. The summed E-state index contributed by atoms with van der Waals surface area (Å²) in [4.78, 5) is 31.7. The summed E-state index contributed by atoms with van der Waals surface area (Å²) in [5.41, 5.74) is 9.14. The van der Waals surface area contributed by atoms with E-state index >= 15 is 0 Å². The fourth-order valence-corrected chi connectivity index (χ4v) is 8.41. The van der Waals surface area contributed by atoms with Gasteiger partial charge in [-0.1, -0.05) is 36.4 Å². The Morgan fingerprint density at radius 3 is 2.14 bits per heavy atom. The fourth-order valence-electron chi connectivity index (χ4n) is 8.41. The molecule has 0 bridgehead atoms. The number of ether oxygens (including phenoxy) is 7. The molecular formula is C49H55N5O9. The van der Waals surface area contributed by atoms with Crippen molar-refractivity contribution in [3.63, 3.8) is 0 Å². The number of amides is 2. The van der Waals surface area contributed by atoms with Gasteiger partial charge in [0.05, 0.1) is 75.8 Å². The Morgan fingerprint density at radius 1 is 0.746 bits per heavy atom. The summed E-state index contributed by atoms with van der Waals surface area (Å²) in [6.07, 6.45) is 1.60. The van der Waals surface area contributed by atoms with Crippen molar-refractivity contribution in [2.45, 2.75) is 32.1 Å². The van der Waals surface area contributed by atoms with Crippen LogP contribution in [0.1, 0.15) is 43.0 Å². The first-order valence-corrected chi connectivity index (χ1v) is 21.3. The summed E-state index contributed by atoms with van der Waals surface area (Å²) in [7, 11) is 6.57. The van der Waals surface area contributed by atoms with Crippen LogP contribution < -0.4 is 44.7 Å². The molecule has 0 radical (unpaired) electrons. The number of para-hydroxylation sites is 2. The van der Waals surface area contributed by atoms with Crippen LogP contribution in [0.2, 0.25) is 0 Å². The van der Waals surface area contributed by atoms with Crippen molar-refractivity contribution in [2.75, 3.05) is 107 Å². The van der Waals surface area contributed by atoms with Gasteiger partial charge in [0.1, 0.15) is 13.2 Å². The van der Waals surface area contributed by atoms with Crippen molar-refractivity contribution in [2.24, 2.45) is 0 Å². The lowest BCUT2D eigenvalue weighted by molar-refractivity contribution is 0.0272. The zero-order chi connectivity index (χ0) is 43.7. The second-order valence-electron chi connectivity index (χ2n) is 15.5. The number of fused-ring (bicyclic) bond motifs is 5. The predicted molar refractivity (Wildman–Crippen MR) is 244 cm³/mol. The fraction of sp³-hybridized carbons (Fsp3) is 0.347. The molecule has 8 rings (SSSR count). The predicted octanol–water partition coefficient (Wildman–Crippen LogP) is 7.19. The second-order valence-corrected chi connectivity index (χ2v) is 15.5. The minimum atomic E-state index is -0.111. The summed E-state index contributed by atoms with van der Waals surface area (Å²) >= 11 is 0. The lowest BCUT2D eigenvalue weighted by Gasteiger charge is -2.22. The molecule has 0 fully saturated rings. The summed E-state index contributed by atoms with van der Waals surface area (Å²) in [6, 6.07) is 29.3. The van der Waals surface area contributed by atoms with Crippen molar-refractivity contribution in [1.29, 1.82) is 0 Å². The first-order chi connectivity index (χ1) is 30.9. The Morgan fingerprint density at radius 2 is 1.41 bits per heavy atom. The third-order valence-corrected chi connectivity index (χ3v) is 11.5. The molecule has 3 aliphatic heterocycles. The van der Waals surface area contributed by atoms with Gasteiger partial charge in [-0.2, -0.15) is 0 Å². The van der Waals surface area contributed by atoms with Crippen LogP contribution >= 0.6 is 0 Å². The summed E-state index contributed by atoms with van der Waals surface area (Å²) < 4.78 is 40.8. The molecule has 0 saturated carbocycles. The number of rotatable bonds is 20. The number of methoxy groups -OCH3 is 3. The minimum Gasteiger partial charge on any atom is -0.493 e. The highest BCUT2D eigenvalue weighted by atomic mass is 16.5. The van der Waals surface area contributed by atoms with Crippen molar-refractivity contribution < 1.29 is 42.7 Å². The summed E-state index contributed by atoms with van der Waals surface area (Å²) in [5, 5.41) is 10.2. The number of nitrogens with zero attached hydrogens (tertiary/aromatic N) is 2. The Hall–Kier alpha value is -6.48. The van der Waals surface area contributed by atoms with Crippen molar-refractivity contribution in [1.82, 2.24) is 0 Å². The van der Waals surface area contributed by atoms with E-state index in [1.165, 1.54) is 5.56 Å². The average Bonchev–Trinajstić information content (AvgIpc) is 3.89. The number of hydrogen-bond acceptors (Lipinski definition) is 12. The van der Waals surface area contributed by atoms with Gasteiger partial charge in [0.25, 0.3) is 11.8 Å². The quantitative estimate of drug-likeness (QED) is 0.0683. The van der Waals surface area contributed by atoms with Crippen LogP contribution in [0.3, 0.4) is 0 Å². The molecule has 5 aromatic carbocycles. The van der Waals surface area contributed by atoms with E-state index in [1.54, 1.807) is 40.5 Å². The number of anilines is 5. The maximum Gasteiger partial charge on any atom is 0.260 e. The van der Waals surface area contributed by atoms with E-state index < -0.39 is 0 Å². The van der Waals surface area contributed by atoms with E-state index in [4.69, 9.17) is 33.2 Å². The topological polar surface area (TPSA) is 141 Å². The van der Waals surface area contributed by atoms with Gasteiger partial charge in [0.15, 0.2) is 23.0 Å². The van der Waals surface area contributed by atoms with Crippen LogP contribution in [0, 0.1) is 0 Å². The van der Waals surface area contributed by atoms with Crippen LogP contribution in [-0.4, -0.2) is 98.9 Å². The van der Waals surface area contributed by atoms with Crippen molar-refractivity contribution in [3.8, 4) is 23.0 Å². The van der Waals surface area contributed by atoms with Gasteiger partial charge in [-0.15, -0.1) is 0 Å². The van der Waals surface area contributed by atoms with Crippen molar-refractivity contribution >= 4 is 40.3 Å². The van der Waals surface area contributed by atoms with Gasteiger partial charge >= 0.3 is 0 Å². The number of benzene rings is 5. The monoisotopic (exact) mass is 857 g/mol. The first-order valence-electron chi connectivity index (χ1n) is 21.3. The third-order valence-electron chi connectivity index (χ3n) is 11.5.